The molecule has 0 saturated carbocycles. The van der Waals surface area contributed by atoms with Crippen LogP contribution in [0.3, 0.4) is 0 Å². The van der Waals surface area contributed by atoms with Crippen LogP contribution in [-0.4, -0.2) is 310 Å². The zero-order valence-corrected chi connectivity index (χ0v) is 53.7. The van der Waals surface area contributed by atoms with Crippen LogP contribution < -0.4 is 31.9 Å². The molecule has 3 aliphatic heterocycles. The van der Waals surface area contributed by atoms with Crippen LogP contribution in [0.1, 0.15) is 111 Å². The molecule has 3 rings (SSSR count). The second kappa shape index (κ2) is 43.4. The molecule has 0 aromatic rings. The highest BCUT2D eigenvalue weighted by Gasteiger charge is 2.48. The van der Waals surface area contributed by atoms with Crippen molar-refractivity contribution in [3.8, 4) is 0 Å². The van der Waals surface area contributed by atoms with Crippen LogP contribution in [0.25, 0.3) is 0 Å². The fraction of sp³-hybridized carbons (Fsp3) is 0.857. The van der Waals surface area contributed by atoms with E-state index in [9.17, 15) is 98.9 Å². The van der Waals surface area contributed by atoms with Gasteiger partial charge in [-0.25, -0.2) is 0 Å². The zero-order chi connectivity index (χ0) is 68.5. The lowest BCUT2D eigenvalue weighted by Gasteiger charge is -2.42. The number of carbonyl (C=O) groups is 8. The summed E-state index contributed by atoms with van der Waals surface area (Å²) in [4.78, 5) is 114. The lowest BCUT2D eigenvalue weighted by atomic mass is 9.97. The number of nitrogens with one attached hydrogen (secondary N) is 6. The number of aliphatic hydroxyl groups is 10. The van der Waals surface area contributed by atoms with E-state index < -0.39 is 162 Å². The number of aliphatic hydroxyl groups excluding tert-OH is 10. The van der Waals surface area contributed by atoms with Crippen LogP contribution in [0, 0.1) is 0 Å². The molecule has 8 unspecified atom stereocenters. The smallest absolute Gasteiger partial charge is 0.325 e. The Morgan fingerprint density at radius 1 is 0.467 bits per heavy atom. The van der Waals surface area contributed by atoms with Crippen molar-refractivity contribution in [1.29, 1.82) is 0 Å². The Morgan fingerprint density at radius 2 is 0.804 bits per heavy atom. The topological polar surface area (TPSA) is 519 Å². The van der Waals surface area contributed by atoms with Gasteiger partial charge in [-0.15, -0.1) is 0 Å². The van der Waals surface area contributed by atoms with Gasteiger partial charge < -0.3 is 131 Å². The summed E-state index contributed by atoms with van der Waals surface area (Å²) in [5.41, 5.74) is 0. The predicted molar refractivity (Wildman–Crippen MR) is 318 cm³/mol. The van der Waals surface area contributed by atoms with Gasteiger partial charge in [0.15, 0.2) is 18.9 Å². The number of amides is 8. The Kier molecular flexibility index (Phi) is 38.4. The molecule has 17 N–H and O–H groups in total. The first-order valence-electron chi connectivity index (χ1n) is 31.1. The molecule has 0 radical (unpaired) electrons. The normalized spacial score (nSPS) is 27.4. The summed E-state index contributed by atoms with van der Waals surface area (Å²) in [5.74, 6) is -3.56. The number of rotatable bonds is 44. The minimum Gasteiger partial charge on any atom is -0.394 e. The SMILES string of the molecule is CC(=O)NC1[C@H](OCCCCC(=O)NCCCN(CCCN(CCCNC(=O)CCCCO[C@@H]2OC(CO)[C@H](O)[C@H](O)C2NC(C)=O)C(=O)CCC(=O)NCC(O)COP(C)(=O)O)C(=O)CCCCO[C@@H]2OC(CO)[C@H](O)[C@H](O)C2NC(C)=O)OC(CO)[C@H](O)[C@@H]1O. The summed E-state index contributed by atoms with van der Waals surface area (Å²) in [5, 5.41) is 117. The van der Waals surface area contributed by atoms with Crippen molar-refractivity contribution in [1.82, 2.24) is 41.7 Å². The van der Waals surface area contributed by atoms with Crippen LogP contribution in [0.5, 0.6) is 0 Å². The third kappa shape index (κ3) is 30.3. The molecular formula is C56H101N8O27P. The summed E-state index contributed by atoms with van der Waals surface area (Å²) >= 11 is 0. The molecule has 8 amide bonds. The van der Waals surface area contributed by atoms with Gasteiger partial charge in [-0.05, 0) is 57.8 Å². The number of unbranched alkanes of at least 4 members (excludes halogenated alkanes) is 3. The van der Waals surface area contributed by atoms with E-state index in [-0.39, 0.29) is 141 Å². The Hall–Kier alpha value is -4.73. The van der Waals surface area contributed by atoms with E-state index in [2.05, 4.69) is 31.9 Å². The van der Waals surface area contributed by atoms with E-state index in [1.807, 2.05) is 0 Å². The molecule has 36 heteroatoms. The van der Waals surface area contributed by atoms with E-state index in [4.69, 9.17) is 32.9 Å². The molecule has 0 aromatic carbocycles. The maximum absolute atomic E-state index is 14.0. The van der Waals surface area contributed by atoms with Gasteiger partial charge in [-0.1, -0.05) is 0 Å². The number of nitrogens with zero attached hydrogens (tertiary/aromatic N) is 2. The highest BCUT2D eigenvalue weighted by molar-refractivity contribution is 7.51. The Bertz CT molecular complexity index is 2300. The van der Waals surface area contributed by atoms with Crippen molar-refractivity contribution in [3.05, 3.63) is 0 Å². The fourth-order valence-corrected chi connectivity index (χ4v) is 10.5. The quantitative estimate of drug-likeness (QED) is 0.0199. The monoisotopic (exact) mass is 1350 g/mol. The van der Waals surface area contributed by atoms with Crippen LogP contribution in [-0.2, 0) is 75.9 Å². The number of hydrogen-bond donors (Lipinski definition) is 17. The fourth-order valence-electron chi connectivity index (χ4n) is 10.1. The van der Waals surface area contributed by atoms with Crippen LogP contribution in [0.4, 0.5) is 0 Å². The minimum atomic E-state index is -3.90. The van der Waals surface area contributed by atoms with Crippen molar-refractivity contribution >= 4 is 54.9 Å². The maximum atomic E-state index is 14.0. The van der Waals surface area contributed by atoms with Gasteiger partial charge in [0.2, 0.25) is 47.3 Å². The van der Waals surface area contributed by atoms with Crippen LogP contribution >= 0.6 is 7.60 Å². The molecule has 3 heterocycles. The highest BCUT2D eigenvalue weighted by Crippen LogP contribution is 2.36. The van der Waals surface area contributed by atoms with E-state index in [1.165, 1.54) is 25.7 Å². The molecular weight excluding hydrogens is 1250 g/mol. The Labute approximate surface area is 534 Å². The first kappa shape index (κ1) is 81.5. The first-order chi connectivity index (χ1) is 43.6. The highest BCUT2D eigenvalue weighted by atomic mass is 31.2. The summed E-state index contributed by atoms with van der Waals surface area (Å²) in [6.07, 6.45) is -15.2. The molecule has 92 heavy (non-hydrogen) atoms. The number of ether oxygens (including phenoxy) is 6. The van der Waals surface area contributed by atoms with E-state index in [1.54, 1.807) is 4.90 Å². The molecule has 0 bridgehead atoms. The average molecular weight is 1350 g/mol. The van der Waals surface area contributed by atoms with Gasteiger partial charge in [0.1, 0.15) is 73.1 Å². The third-order valence-electron chi connectivity index (χ3n) is 15.0. The molecule has 17 atom stereocenters. The molecule has 0 aliphatic carbocycles. The van der Waals surface area contributed by atoms with Gasteiger partial charge in [0.25, 0.3) is 0 Å². The standard InChI is InChI=1S/C56H101N8O27P/c1-33(68)60-45-51(80)48(77)37(29-65)89-54(45)85-25-8-5-14-40(72)57-19-11-21-63(43(75)16-7-10-27-87-56-47(62-35(3)70)53(82)50(79)39(31-67)91-56)23-13-24-64(44(76)18-17-42(74)59-28-36(71)32-88-92(4,83)84)22-12-20-58-41(73)15-6-9-26-86-55-46(61-34(2)69)52(81)49(78)38(30-66)90-55/h36-39,45-56,65-67,71,77-82H,5-32H2,1-4H3,(H,57,72)(H,58,73)(H,59,74)(H,60,68)(H,61,69)(H,62,70)(H,83,84)/t36?,37?,38?,39?,45?,46?,47?,48-,49-,50-,51+,52+,53+,54+,55+,56+/m0/s1. The minimum absolute atomic E-state index is 0.00789. The van der Waals surface area contributed by atoms with Gasteiger partial charge in [0.05, 0.1) is 32.5 Å². The molecule has 3 saturated heterocycles. The lowest BCUT2D eigenvalue weighted by Crippen LogP contribution is -2.64. The van der Waals surface area contributed by atoms with E-state index in [0.29, 0.717) is 32.1 Å². The van der Waals surface area contributed by atoms with Crippen molar-refractivity contribution in [2.75, 3.05) is 98.7 Å². The largest absolute Gasteiger partial charge is 0.394 e. The summed E-state index contributed by atoms with van der Waals surface area (Å²) < 4.78 is 50.2. The Morgan fingerprint density at radius 3 is 1.15 bits per heavy atom. The van der Waals surface area contributed by atoms with Crippen molar-refractivity contribution < 1.29 is 132 Å². The molecule has 532 valence electrons. The van der Waals surface area contributed by atoms with Gasteiger partial charge in [-0.3, -0.25) is 42.9 Å². The van der Waals surface area contributed by atoms with Crippen LogP contribution in [0.15, 0.2) is 0 Å². The first-order valence-corrected chi connectivity index (χ1v) is 33.1. The van der Waals surface area contributed by atoms with Crippen molar-refractivity contribution in [3.63, 3.8) is 0 Å². The molecule has 0 aromatic heterocycles. The van der Waals surface area contributed by atoms with Crippen molar-refractivity contribution in [2.45, 2.75) is 209 Å². The zero-order valence-electron chi connectivity index (χ0n) is 52.8. The molecule has 3 aliphatic rings. The summed E-state index contributed by atoms with van der Waals surface area (Å²) in [6, 6.07) is -3.43. The molecule has 35 nitrogen and oxygen atoms in total. The average Bonchev–Trinajstić information content (AvgIpc) is 0.845. The van der Waals surface area contributed by atoms with Gasteiger partial charge in [-0.2, -0.15) is 0 Å². The third-order valence-corrected chi connectivity index (χ3v) is 15.6. The van der Waals surface area contributed by atoms with Crippen molar-refractivity contribution in [2.24, 2.45) is 0 Å². The van der Waals surface area contributed by atoms with Crippen LogP contribution in [0.2, 0.25) is 0 Å². The number of hydrogen-bond acceptors (Lipinski definition) is 26. The van der Waals surface area contributed by atoms with Gasteiger partial charge in [0, 0.05) is 125 Å². The number of carbonyl (C=O) groups excluding carboxylic acids is 8. The predicted octanol–water partition coefficient (Wildman–Crippen LogP) is -6.47. The van der Waals surface area contributed by atoms with E-state index >= 15 is 0 Å². The maximum Gasteiger partial charge on any atom is 0.325 e. The second-order valence-corrected chi connectivity index (χ2v) is 24.7. The summed E-state index contributed by atoms with van der Waals surface area (Å²) in [7, 11) is -3.90. The molecule has 3 fully saturated rings. The van der Waals surface area contributed by atoms with E-state index in [0.717, 1.165) is 6.66 Å². The summed E-state index contributed by atoms with van der Waals surface area (Å²) in [6.45, 7) is 2.59. The second-order valence-electron chi connectivity index (χ2n) is 22.9. The lowest BCUT2D eigenvalue weighted by molar-refractivity contribution is -0.270. The van der Waals surface area contributed by atoms with Gasteiger partial charge >= 0.3 is 7.60 Å². The molecule has 0 spiro atoms. The Balaban J connectivity index is 1.64.